The Kier molecular flexibility index (Phi) is 9.55. The fourth-order valence-corrected chi connectivity index (χ4v) is 9.45. The van der Waals surface area contributed by atoms with Crippen LogP contribution in [0.3, 0.4) is 0 Å². The summed E-state index contributed by atoms with van der Waals surface area (Å²) in [4.78, 5) is 29.9. The van der Waals surface area contributed by atoms with Crippen LogP contribution in [0.5, 0.6) is 0 Å². The summed E-state index contributed by atoms with van der Waals surface area (Å²) in [6.45, 7) is 7.72. The molecule has 5 aliphatic rings. The molecule has 3 aliphatic carbocycles. The smallest absolute Gasteiger partial charge is 0.306 e. The van der Waals surface area contributed by atoms with E-state index in [4.69, 9.17) is 18.9 Å². The van der Waals surface area contributed by atoms with Crippen LogP contribution in [0.1, 0.15) is 77.7 Å². The summed E-state index contributed by atoms with van der Waals surface area (Å²) >= 11 is 0. The Bertz CT molecular complexity index is 1370. The van der Waals surface area contributed by atoms with Gasteiger partial charge in [0.05, 0.1) is 44.5 Å². The van der Waals surface area contributed by atoms with Crippen LogP contribution < -0.4 is 4.90 Å². The second-order valence-corrected chi connectivity index (χ2v) is 14.2. The topological polar surface area (TPSA) is 94.3 Å². The normalized spacial score (nSPS) is 36.9. The number of aliphatic hydroxyl groups excluding tert-OH is 1. The van der Waals surface area contributed by atoms with Crippen molar-refractivity contribution in [3.05, 3.63) is 52.7 Å². The van der Waals surface area contributed by atoms with Crippen molar-refractivity contribution < 1.29 is 38.0 Å². The van der Waals surface area contributed by atoms with E-state index >= 15 is 4.39 Å². The van der Waals surface area contributed by atoms with E-state index < -0.39 is 6.29 Å². The summed E-state index contributed by atoms with van der Waals surface area (Å²) in [6, 6.07) is 5.22. The predicted molar refractivity (Wildman–Crippen MR) is 171 cm³/mol. The van der Waals surface area contributed by atoms with Gasteiger partial charge in [-0.25, -0.2) is 4.39 Å². The highest BCUT2D eigenvalue weighted by Gasteiger charge is 2.69. The first kappa shape index (κ1) is 33.0. The third-order valence-electron chi connectivity index (χ3n) is 11.7. The van der Waals surface area contributed by atoms with Crippen molar-refractivity contribution in [2.45, 2.75) is 110 Å². The number of cyclic esters (lactones) is 1. The molecule has 6 rings (SSSR count). The molecule has 2 saturated carbocycles. The van der Waals surface area contributed by atoms with Crippen LogP contribution in [-0.4, -0.2) is 61.7 Å². The number of hydrogen-bond acceptors (Lipinski definition) is 8. The van der Waals surface area contributed by atoms with Gasteiger partial charge in [0.1, 0.15) is 17.7 Å². The van der Waals surface area contributed by atoms with Gasteiger partial charge in [-0.15, -0.1) is 0 Å². The quantitative estimate of drug-likeness (QED) is 0.162. The lowest BCUT2D eigenvalue weighted by Crippen LogP contribution is -2.39. The van der Waals surface area contributed by atoms with Crippen LogP contribution in [0.2, 0.25) is 0 Å². The molecule has 2 aliphatic heterocycles. The highest BCUT2D eigenvalue weighted by molar-refractivity contribution is 5.98. The van der Waals surface area contributed by atoms with E-state index in [9.17, 15) is 14.7 Å². The number of ketones is 1. The number of methoxy groups -OCH3 is 2. The Hall–Kier alpha value is -2.91. The SMILES string of the molecule is CC[C@H]1CCCC[C@@H](C)C(=O)C2=C[C@@H]3[C@@H]([C@@H]4[C@H](C5C[C@@H](O[C@H](O)/C(OC)=C(/C)OC)C[C@H]53)N4c3c(C)cccc3F)[C@@H]2CC(=O)O1. The summed E-state index contributed by atoms with van der Waals surface area (Å²) < 4.78 is 38.5. The molecular formula is C37H50FNO7. The number of nitrogens with zero attached hydrogens (tertiary/aromatic N) is 1. The molecule has 1 unspecified atom stereocenters. The van der Waals surface area contributed by atoms with Gasteiger partial charge in [0.2, 0.25) is 6.29 Å². The number of carbonyl (C=O) groups is 2. The van der Waals surface area contributed by atoms with Crippen molar-refractivity contribution in [3.8, 4) is 0 Å². The second kappa shape index (κ2) is 13.3. The number of allylic oxidation sites excluding steroid dienone is 3. The Morgan fingerprint density at radius 1 is 1.11 bits per heavy atom. The summed E-state index contributed by atoms with van der Waals surface area (Å²) in [5.74, 6) is 0.207. The number of Topliss-reactive ketones (excluding diaryl/α,β-unsaturated/α-hetero) is 1. The van der Waals surface area contributed by atoms with E-state index in [1.54, 1.807) is 13.0 Å². The molecule has 11 atom stereocenters. The Morgan fingerprint density at radius 2 is 1.85 bits per heavy atom. The fraction of sp³-hybridized carbons (Fsp3) is 0.676. The molecular weight excluding hydrogens is 589 g/mol. The molecule has 4 fully saturated rings. The minimum absolute atomic E-state index is 0.0137. The van der Waals surface area contributed by atoms with Crippen molar-refractivity contribution in [2.75, 3.05) is 19.1 Å². The third kappa shape index (κ3) is 5.87. The van der Waals surface area contributed by atoms with Gasteiger partial charge in [-0.3, -0.25) is 9.59 Å². The van der Waals surface area contributed by atoms with Gasteiger partial charge in [-0.1, -0.05) is 38.5 Å². The molecule has 0 spiro atoms. The molecule has 9 heteroatoms. The van der Waals surface area contributed by atoms with E-state index in [2.05, 4.69) is 17.9 Å². The number of benzene rings is 1. The number of hydrogen-bond donors (Lipinski definition) is 1. The van der Waals surface area contributed by atoms with Crippen LogP contribution in [0.25, 0.3) is 0 Å². The standard InChI is InChI=1S/C37H50FNO7/c1-7-22-13-9-8-11-20(3)35(41)28-17-25-24-15-23(46-37(42)36(44-6)21(4)43-5)16-27(24)33-34(31(25)26(28)18-30(40)45-22)39(33)32-19(2)12-10-14-29(32)38/h10,12,14,17,20,22-27,31,33-34,37,42H,7-9,11,13,15-16,18H2,1-6H3/b36-21+/t20-,22+,23+,24+,25+,26-,27?,31-,33+,34-,37+,39?/m1/s1. The highest BCUT2D eigenvalue weighted by atomic mass is 19.1. The molecule has 1 aromatic carbocycles. The molecule has 2 heterocycles. The molecule has 252 valence electrons. The number of carbonyl (C=O) groups excluding carboxylic acids is 2. The number of fused-ring (bicyclic) bond motifs is 8. The van der Waals surface area contributed by atoms with E-state index in [1.165, 1.54) is 20.3 Å². The van der Waals surface area contributed by atoms with Gasteiger partial charge in [0, 0.05) is 11.8 Å². The maximum Gasteiger partial charge on any atom is 0.306 e. The minimum atomic E-state index is -1.29. The zero-order valence-electron chi connectivity index (χ0n) is 28.0. The number of para-hydroxylation sites is 1. The molecule has 0 aromatic heterocycles. The van der Waals surface area contributed by atoms with E-state index in [-0.39, 0.29) is 89.5 Å². The number of esters is 1. The lowest BCUT2D eigenvalue weighted by atomic mass is 9.66. The zero-order chi connectivity index (χ0) is 32.9. The number of ether oxygens (including phenoxy) is 4. The molecule has 46 heavy (non-hydrogen) atoms. The largest absolute Gasteiger partial charge is 0.498 e. The molecule has 0 bridgehead atoms. The van der Waals surface area contributed by atoms with Crippen LogP contribution in [-0.2, 0) is 28.5 Å². The Labute approximate surface area is 272 Å². The average molecular weight is 640 g/mol. The van der Waals surface area contributed by atoms with Gasteiger partial charge in [0.15, 0.2) is 11.5 Å². The molecule has 8 nitrogen and oxygen atoms in total. The monoisotopic (exact) mass is 639 g/mol. The number of rotatable bonds is 7. The lowest BCUT2D eigenvalue weighted by Gasteiger charge is -2.36. The first-order chi connectivity index (χ1) is 22.1. The van der Waals surface area contributed by atoms with Crippen molar-refractivity contribution in [1.82, 2.24) is 0 Å². The fourth-order valence-electron chi connectivity index (χ4n) is 9.45. The third-order valence-corrected chi connectivity index (χ3v) is 11.7. The van der Waals surface area contributed by atoms with Gasteiger partial charge >= 0.3 is 5.97 Å². The minimum Gasteiger partial charge on any atom is -0.498 e. The lowest BCUT2D eigenvalue weighted by molar-refractivity contribution is -0.151. The molecule has 0 amide bonds. The van der Waals surface area contributed by atoms with Gasteiger partial charge in [-0.05, 0) is 93.2 Å². The molecule has 2 saturated heterocycles. The average Bonchev–Trinajstić information content (AvgIpc) is 3.39. The van der Waals surface area contributed by atoms with Crippen LogP contribution in [0.4, 0.5) is 10.1 Å². The summed E-state index contributed by atoms with van der Waals surface area (Å²) in [5, 5.41) is 11.0. The van der Waals surface area contributed by atoms with E-state index in [0.29, 0.717) is 24.3 Å². The number of aliphatic hydroxyl groups is 1. The van der Waals surface area contributed by atoms with Crippen LogP contribution in [0.15, 0.2) is 41.4 Å². The summed E-state index contributed by atoms with van der Waals surface area (Å²) in [6.07, 6.45) is 6.29. The van der Waals surface area contributed by atoms with Crippen molar-refractivity contribution >= 4 is 17.4 Å². The molecule has 1 aromatic rings. The Balaban J connectivity index is 1.37. The zero-order valence-corrected chi connectivity index (χ0v) is 28.0. The van der Waals surface area contributed by atoms with E-state index in [1.807, 2.05) is 19.9 Å². The van der Waals surface area contributed by atoms with Crippen molar-refractivity contribution in [1.29, 1.82) is 0 Å². The summed E-state index contributed by atoms with van der Waals surface area (Å²) in [5.41, 5.74) is 2.24. The molecule has 0 radical (unpaired) electrons. The second-order valence-electron chi connectivity index (χ2n) is 14.2. The number of halogens is 1. The maximum atomic E-state index is 15.6. The van der Waals surface area contributed by atoms with Crippen LogP contribution in [0, 0.1) is 48.2 Å². The molecule has 1 N–H and O–H groups in total. The first-order valence-electron chi connectivity index (χ1n) is 17.2. The van der Waals surface area contributed by atoms with Gasteiger partial charge in [0.25, 0.3) is 0 Å². The van der Waals surface area contributed by atoms with E-state index in [0.717, 1.165) is 43.2 Å². The Morgan fingerprint density at radius 3 is 2.54 bits per heavy atom. The van der Waals surface area contributed by atoms with Gasteiger partial charge < -0.3 is 29.0 Å². The highest BCUT2D eigenvalue weighted by Crippen LogP contribution is 2.65. The predicted octanol–water partition coefficient (Wildman–Crippen LogP) is 6.24. The number of aryl methyl sites for hydroxylation is 1. The van der Waals surface area contributed by atoms with Crippen molar-refractivity contribution in [2.24, 2.45) is 35.5 Å². The number of anilines is 1. The van der Waals surface area contributed by atoms with Crippen LogP contribution >= 0.6 is 0 Å². The summed E-state index contributed by atoms with van der Waals surface area (Å²) in [7, 11) is 2.99. The maximum absolute atomic E-state index is 15.6. The van der Waals surface area contributed by atoms with Crippen molar-refractivity contribution in [3.63, 3.8) is 0 Å². The van der Waals surface area contributed by atoms with Gasteiger partial charge in [-0.2, -0.15) is 0 Å². The first-order valence-corrected chi connectivity index (χ1v) is 17.2.